The number of amides is 1. The molecule has 9 nitrogen and oxygen atoms in total. The van der Waals surface area contributed by atoms with Crippen LogP contribution < -0.4 is 5.32 Å². The van der Waals surface area contributed by atoms with E-state index in [1.54, 1.807) is 12.4 Å². The number of aromatic nitrogens is 3. The molecule has 3 aliphatic rings. The van der Waals surface area contributed by atoms with Gasteiger partial charge in [-0.1, -0.05) is 6.58 Å². The molecule has 0 bridgehead atoms. The van der Waals surface area contributed by atoms with Crippen molar-refractivity contribution in [1.82, 2.24) is 29.9 Å². The molecule has 13 heteroatoms. The van der Waals surface area contributed by atoms with E-state index in [1.807, 2.05) is 23.9 Å². The number of alkyl halides is 3. The summed E-state index contributed by atoms with van der Waals surface area (Å²) in [5.74, 6) is -1.16. The third-order valence-corrected chi connectivity index (χ3v) is 7.90. The molecule has 2 aromatic rings. The van der Waals surface area contributed by atoms with Gasteiger partial charge in [0.25, 0.3) is 5.91 Å². The van der Waals surface area contributed by atoms with Gasteiger partial charge < -0.3 is 10.2 Å². The molecule has 1 amide bonds. The lowest BCUT2D eigenvalue weighted by molar-refractivity contribution is -0.141. The molecule has 2 fully saturated rings. The van der Waals surface area contributed by atoms with Crippen molar-refractivity contribution < 1.29 is 22.4 Å². The molecule has 0 spiro atoms. The van der Waals surface area contributed by atoms with Crippen LogP contribution in [0.3, 0.4) is 0 Å². The van der Waals surface area contributed by atoms with E-state index in [0.717, 1.165) is 16.7 Å². The van der Waals surface area contributed by atoms with Crippen LogP contribution in [0.1, 0.15) is 47.8 Å². The molecule has 0 radical (unpaired) electrons. The quantitative estimate of drug-likeness (QED) is 0.527. The van der Waals surface area contributed by atoms with Gasteiger partial charge in [0, 0.05) is 62.0 Å². The van der Waals surface area contributed by atoms with Crippen molar-refractivity contribution >= 4 is 17.3 Å². The first kappa shape index (κ1) is 28.2. The molecule has 5 rings (SSSR count). The third kappa shape index (κ3) is 5.39. The number of nitrogens with zero attached hydrogens (tertiary/aromatic N) is 7. The second-order valence-corrected chi connectivity index (χ2v) is 10.4. The summed E-state index contributed by atoms with van der Waals surface area (Å²) in [6, 6.07) is 2.87. The molecule has 1 N–H and O–H groups in total. The van der Waals surface area contributed by atoms with Crippen LogP contribution in [0.2, 0.25) is 0 Å². The Balaban J connectivity index is 1.24. The molecule has 0 aliphatic carbocycles. The Bertz CT molecular complexity index is 1480. The van der Waals surface area contributed by atoms with Gasteiger partial charge in [0.1, 0.15) is 17.1 Å². The summed E-state index contributed by atoms with van der Waals surface area (Å²) in [6.07, 6.45) is 6.00. The lowest BCUT2D eigenvalue weighted by Gasteiger charge is -2.53. The smallest absolute Gasteiger partial charge is 0.346 e. The second kappa shape index (κ2) is 10.9. The second-order valence-electron chi connectivity index (χ2n) is 10.4. The van der Waals surface area contributed by atoms with Crippen molar-refractivity contribution in [3.8, 4) is 6.07 Å². The molecule has 0 atom stereocenters. The van der Waals surface area contributed by atoms with Gasteiger partial charge in [0.05, 0.1) is 30.4 Å². The first-order valence-electron chi connectivity index (χ1n) is 13.1. The summed E-state index contributed by atoms with van der Waals surface area (Å²) in [7, 11) is 0. The fourth-order valence-electron chi connectivity index (χ4n) is 5.61. The fourth-order valence-corrected chi connectivity index (χ4v) is 5.61. The molecular formula is C28H28F4N8O. The van der Waals surface area contributed by atoms with E-state index in [2.05, 4.69) is 37.9 Å². The van der Waals surface area contributed by atoms with E-state index < -0.39 is 34.7 Å². The lowest BCUT2D eigenvalue weighted by Crippen LogP contribution is -2.66. The molecule has 41 heavy (non-hydrogen) atoms. The average molecular weight is 569 g/mol. The molecule has 3 aliphatic heterocycles. The Labute approximate surface area is 234 Å². The maximum atomic E-state index is 14.2. The van der Waals surface area contributed by atoms with Gasteiger partial charge >= 0.3 is 6.18 Å². The zero-order valence-corrected chi connectivity index (χ0v) is 22.3. The van der Waals surface area contributed by atoms with Crippen LogP contribution in [-0.4, -0.2) is 68.5 Å². The number of hydrogen-bond donors (Lipinski definition) is 1. The first-order chi connectivity index (χ1) is 19.6. The number of hydrogen-bond acceptors (Lipinski definition) is 6. The van der Waals surface area contributed by atoms with Crippen molar-refractivity contribution in [2.75, 3.05) is 26.2 Å². The number of rotatable bonds is 6. The lowest BCUT2D eigenvalue weighted by atomic mass is 9.83. The number of nitriles is 1. The zero-order chi connectivity index (χ0) is 29.4. The van der Waals surface area contributed by atoms with Crippen LogP contribution in [0.15, 0.2) is 60.3 Å². The SMILES string of the molecule is C=C/N=C1/NC=C/C1=C(/C)c1cnn(C2(CC#N)CN(C3CCN(C(=O)c4cc(C(F)(F)F)ncc4F)CC3)C2)c1. The third-order valence-electron chi connectivity index (χ3n) is 7.90. The number of carbonyl (C=O) groups is 1. The predicted molar refractivity (Wildman–Crippen MR) is 143 cm³/mol. The Hall–Kier alpha value is -4.31. The number of halogens is 4. The van der Waals surface area contributed by atoms with Gasteiger partial charge in [0.2, 0.25) is 0 Å². The van der Waals surface area contributed by atoms with Crippen LogP contribution in [0.25, 0.3) is 5.57 Å². The van der Waals surface area contributed by atoms with Crippen LogP contribution in [0.5, 0.6) is 0 Å². The number of pyridine rings is 1. The summed E-state index contributed by atoms with van der Waals surface area (Å²) < 4.78 is 55.1. The monoisotopic (exact) mass is 568 g/mol. The minimum atomic E-state index is -4.78. The summed E-state index contributed by atoms with van der Waals surface area (Å²) >= 11 is 0. The highest BCUT2D eigenvalue weighted by molar-refractivity contribution is 6.09. The molecular weight excluding hydrogens is 540 g/mol. The van der Waals surface area contributed by atoms with E-state index >= 15 is 0 Å². The Kier molecular flexibility index (Phi) is 7.52. The fraction of sp³-hybridized carbons (Fsp3) is 0.393. The minimum absolute atomic E-state index is 0.116. The number of piperidine rings is 1. The molecule has 2 aromatic heterocycles. The number of carbonyl (C=O) groups excluding carboxylic acids is 1. The van der Waals surface area contributed by atoms with Crippen molar-refractivity contribution in [3.05, 3.63) is 77.9 Å². The highest BCUT2D eigenvalue weighted by Crippen LogP contribution is 2.37. The van der Waals surface area contributed by atoms with Gasteiger partial charge in [-0.15, -0.1) is 0 Å². The molecule has 0 unspecified atom stereocenters. The predicted octanol–water partition coefficient (Wildman–Crippen LogP) is 4.10. The maximum Gasteiger partial charge on any atom is 0.433 e. The summed E-state index contributed by atoms with van der Waals surface area (Å²) in [5.41, 5.74) is 0.379. The van der Waals surface area contributed by atoms with Gasteiger partial charge in [-0.3, -0.25) is 14.4 Å². The van der Waals surface area contributed by atoms with E-state index in [1.165, 1.54) is 11.1 Å². The number of aliphatic imine (C=N–C) groups is 1. The van der Waals surface area contributed by atoms with Gasteiger partial charge in [-0.25, -0.2) is 14.4 Å². The van der Waals surface area contributed by atoms with Crippen LogP contribution in [0.4, 0.5) is 17.6 Å². The van der Waals surface area contributed by atoms with Crippen molar-refractivity contribution in [2.45, 2.75) is 43.9 Å². The number of likely N-dealkylation sites (tertiary alicyclic amines) is 2. The van der Waals surface area contributed by atoms with E-state index in [9.17, 15) is 27.6 Å². The Morgan fingerprint density at radius 1 is 1.32 bits per heavy atom. The number of allylic oxidation sites excluding steroid dienone is 1. The first-order valence-corrected chi connectivity index (χ1v) is 13.1. The maximum absolute atomic E-state index is 14.2. The molecule has 2 saturated heterocycles. The average Bonchev–Trinajstić information content (AvgIpc) is 3.60. The summed E-state index contributed by atoms with van der Waals surface area (Å²) in [4.78, 5) is 23.8. The largest absolute Gasteiger partial charge is 0.433 e. The minimum Gasteiger partial charge on any atom is -0.346 e. The molecule has 0 aromatic carbocycles. The Morgan fingerprint density at radius 3 is 2.71 bits per heavy atom. The van der Waals surface area contributed by atoms with Crippen LogP contribution in [-0.2, 0) is 11.7 Å². The summed E-state index contributed by atoms with van der Waals surface area (Å²) in [5, 5.41) is 17.3. The number of nitrogens with one attached hydrogen (secondary N) is 1. The highest BCUT2D eigenvalue weighted by Gasteiger charge is 2.48. The highest BCUT2D eigenvalue weighted by atomic mass is 19.4. The van der Waals surface area contributed by atoms with E-state index in [0.29, 0.717) is 44.0 Å². The normalized spacial score (nSPS) is 21.4. The van der Waals surface area contributed by atoms with Crippen molar-refractivity contribution in [1.29, 1.82) is 5.26 Å². The molecule has 214 valence electrons. The van der Waals surface area contributed by atoms with Crippen LogP contribution >= 0.6 is 0 Å². The van der Waals surface area contributed by atoms with Crippen LogP contribution in [0, 0.1) is 17.1 Å². The molecule has 0 saturated carbocycles. The van der Waals surface area contributed by atoms with Crippen molar-refractivity contribution in [3.63, 3.8) is 0 Å². The van der Waals surface area contributed by atoms with E-state index in [4.69, 9.17) is 0 Å². The van der Waals surface area contributed by atoms with Gasteiger partial charge in [-0.2, -0.15) is 23.5 Å². The summed E-state index contributed by atoms with van der Waals surface area (Å²) in [6.45, 7) is 7.37. The van der Waals surface area contributed by atoms with Gasteiger partial charge in [0.15, 0.2) is 5.82 Å². The van der Waals surface area contributed by atoms with Crippen molar-refractivity contribution in [2.24, 2.45) is 4.99 Å². The number of amidine groups is 1. The zero-order valence-electron chi connectivity index (χ0n) is 22.3. The van der Waals surface area contributed by atoms with E-state index in [-0.39, 0.29) is 25.6 Å². The Morgan fingerprint density at radius 2 is 2.05 bits per heavy atom. The molecule has 5 heterocycles. The topological polar surface area (TPSA) is 102 Å². The van der Waals surface area contributed by atoms with Gasteiger partial charge in [-0.05, 0) is 37.5 Å². The standard InChI is InChI=1S/C28H28F4N8O/c1-3-34-25-21(4-9-35-25)18(2)19-13-37-40(15-19)27(7-8-33)16-39(17-27)20-5-10-38(11-6-20)26(41)22-12-24(28(30,31)32)36-14-23(22)29/h3-4,9,12-15,20H,1,5-7,10-11,16-17H2,2H3,(H,34,35)/b21-18+.